The van der Waals surface area contributed by atoms with Gasteiger partial charge in [0.2, 0.25) is 15.9 Å². The van der Waals surface area contributed by atoms with E-state index in [0.717, 1.165) is 5.56 Å². The molecule has 0 aliphatic heterocycles. The summed E-state index contributed by atoms with van der Waals surface area (Å²) in [4.78, 5) is 12.2. The second-order valence-electron chi connectivity index (χ2n) is 5.83. The molecule has 0 aliphatic carbocycles. The zero-order chi connectivity index (χ0) is 18.4. The van der Waals surface area contributed by atoms with Crippen molar-refractivity contribution in [3.05, 3.63) is 59.7 Å². The SMILES string of the molecule is Cc1ccc(NS(=O)(=O)CC(C)C(=O)Nc2ccc(C#N)cc2)cc1. The van der Waals surface area contributed by atoms with Crippen LogP contribution in [0, 0.1) is 24.2 Å². The molecule has 1 atom stereocenters. The lowest BCUT2D eigenvalue weighted by molar-refractivity contribution is -0.118. The van der Waals surface area contributed by atoms with Crippen LogP contribution >= 0.6 is 0 Å². The summed E-state index contributed by atoms with van der Waals surface area (Å²) in [6, 6.07) is 15.3. The van der Waals surface area contributed by atoms with Crippen LogP contribution in [0.1, 0.15) is 18.1 Å². The lowest BCUT2D eigenvalue weighted by Gasteiger charge is -2.14. The highest BCUT2D eigenvalue weighted by Crippen LogP contribution is 2.14. The maximum absolute atomic E-state index is 12.2. The van der Waals surface area contributed by atoms with Crippen LogP contribution in [0.2, 0.25) is 0 Å². The van der Waals surface area contributed by atoms with E-state index in [2.05, 4.69) is 10.0 Å². The van der Waals surface area contributed by atoms with Crippen molar-refractivity contribution >= 4 is 27.3 Å². The molecule has 0 aliphatic rings. The van der Waals surface area contributed by atoms with E-state index in [-0.39, 0.29) is 5.75 Å². The van der Waals surface area contributed by atoms with Gasteiger partial charge in [-0.2, -0.15) is 5.26 Å². The zero-order valence-corrected chi connectivity index (χ0v) is 14.8. The Labute approximate surface area is 147 Å². The summed E-state index contributed by atoms with van der Waals surface area (Å²) in [5.41, 5.74) is 2.49. The number of hydrogen-bond donors (Lipinski definition) is 2. The fourth-order valence-electron chi connectivity index (χ4n) is 2.14. The molecule has 2 aromatic carbocycles. The van der Waals surface area contributed by atoms with Gasteiger partial charge in [-0.05, 0) is 43.3 Å². The summed E-state index contributed by atoms with van der Waals surface area (Å²) in [6.07, 6.45) is 0. The Kier molecular flexibility index (Phi) is 5.78. The summed E-state index contributed by atoms with van der Waals surface area (Å²) in [6.45, 7) is 3.46. The summed E-state index contributed by atoms with van der Waals surface area (Å²) in [5.74, 6) is -1.47. The molecule has 0 aromatic heterocycles. The number of sulfonamides is 1. The highest BCUT2D eigenvalue weighted by atomic mass is 32.2. The minimum Gasteiger partial charge on any atom is -0.326 e. The van der Waals surface area contributed by atoms with Gasteiger partial charge in [-0.1, -0.05) is 24.6 Å². The number of rotatable bonds is 6. The first kappa shape index (κ1) is 18.5. The number of hydrogen-bond acceptors (Lipinski definition) is 4. The first-order valence-electron chi connectivity index (χ1n) is 7.67. The minimum absolute atomic E-state index is 0.330. The van der Waals surface area contributed by atoms with Crippen molar-refractivity contribution in [3.63, 3.8) is 0 Å². The standard InChI is InChI=1S/C18H19N3O3S/c1-13-3-7-17(8-4-13)21-25(23,24)12-14(2)18(22)20-16-9-5-15(11-19)6-10-16/h3-10,14,21H,12H2,1-2H3,(H,20,22). The van der Waals surface area contributed by atoms with Crippen molar-refractivity contribution in [1.82, 2.24) is 0 Å². The molecule has 1 amide bonds. The topological polar surface area (TPSA) is 99.1 Å². The molecule has 0 heterocycles. The van der Waals surface area contributed by atoms with E-state index in [0.29, 0.717) is 16.9 Å². The van der Waals surface area contributed by atoms with Gasteiger partial charge in [0.05, 0.1) is 23.3 Å². The van der Waals surface area contributed by atoms with Crippen molar-refractivity contribution in [2.45, 2.75) is 13.8 Å². The Morgan fingerprint density at radius 3 is 2.20 bits per heavy atom. The van der Waals surface area contributed by atoms with Gasteiger partial charge in [-0.15, -0.1) is 0 Å². The van der Waals surface area contributed by atoms with E-state index < -0.39 is 21.8 Å². The monoisotopic (exact) mass is 357 g/mol. The summed E-state index contributed by atoms with van der Waals surface area (Å²) >= 11 is 0. The summed E-state index contributed by atoms with van der Waals surface area (Å²) in [5, 5.41) is 11.4. The molecule has 0 saturated heterocycles. The Bertz CT molecular complexity index is 883. The van der Waals surface area contributed by atoms with Gasteiger partial charge in [-0.3, -0.25) is 9.52 Å². The number of carbonyl (C=O) groups is 1. The molecule has 2 N–H and O–H groups in total. The molecular formula is C18H19N3O3S. The maximum Gasteiger partial charge on any atom is 0.233 e. The fraction of sp³-hybridized carbons (Fsp3) is 0.222. The minimum atomic E-state index is -3.65. The summed E-state index contributed by atoms with van der Waals surface area (Å²) in [7, 11) is -3.65. The summed E-state index contributed by atoms with van der Waals surface area (Å²) < 4.78 is 26.9. The van der Waals surface area contributed by atoms with Gasteiger partial charge in [0, 0.05) is 11.4 Å². The predicted molar refractivity (Wildman–Crippen MR) is 97.5 cm³/mol. The molecular weight excluding hydrogens is 338 g/mol. The van der Waals surface area contributed by atoms with E-state index in [1.165, 1.54) is 0 Å². The van der Waals surface area contributed by atoms with Crippen molar-refractivity contribution < 1.29 is 13.2 Å². The lowest BCUT2D eigenvalue weighted by Crippen LogP contribution is -2.29. The van der Waals surface area contributed by atoms with Crippen LogP contribution in [-0.2, 0) is 14.8 Å². The molecule has 0 saturated carbocycles. The van der Waals surface area contributed by atoms with Gasteiger partial charge < -0.3 is 5.32 Å². The molecule has 0 bridgehead atoms. The van der Waals surface area contributed by atoms with E-state index in [9.17, 15) is 13.2 Å². The number of carbonyl (C=O) groups excluding carboxylic acids is 1. The molecule has 0 spiro atoms. The average Bonchev–Trinajstić information content (AvgIpc) is 2.57. The largest absolute Gasteiger partial charge is 0.326 e. The van der Waals surface area contributed by atoms with E-state index in [1.807, 2.05) is 13.0 Å². The van der Waals surface area contributed by atoms with Crippen molar-refractivity contribution in [1.29, 1.82) is 5.26 Å². The van der Waals surface area contributed by atoms with Crippen LogP contribution in [-0.4, -0.2) is 20.1 Å². The van der Waals surface area contributed by atoms with Crippen LogP contribution in [0.3, 0.4) is 0 Å². The molecule has 0 radical (unpaired) electrons. The third-order valence-electron chi connectivity index (χ3n) is 3.52. The number of amides is 1. The molecule has 1 unspecified atom stereocenters. The molecule has 7 heteroatoms. The third-order valence-corrected chi connectivity index (χ3v) is 5.01. The van der Waals surface area contributed by atoms with Crippen LogP contribution in [0.4, 0.5) is 11.4 Å². The van der Waals surface area contributed by atoms with Gasteiger partial charge in [0.25, 0.3) is 0 Å². The Morgan fingerprint density at radius 2 is 1.64 bits per heavy atom. The van der Waals surface area contributed by atoms with Gasteiger partial charge in [0.15, 0.2) is 0 Å². The van der Waals surface area contributed by atoms with Crippen LogP contribution < -0.4 is 10.0 Å². The zero-order valence-electron chi connectivity index (χ0n) is 14.0. The number of nitriles is 1. The van der Waals surface area contributed by atoms with E-state index in [1.54, 1.807) is 55.5 Å². The second-order valence-corrected chi connectivity index (χ2v) is 7.60. The second kappa shape index (κ2) is 7.81. The van der Waals surface area contributed by atoms with Crippen molar-refractivity contribution in [3.8, 4) is 6.07 Å². The smallest absolute Gasteiger partial charge is 0.233 e. The maximum atomic E-state index is 12.2. The fourth-order valence-corrected chi connectivity index (χ4v) is 3.53. The number of anilines is 2. The van der Waals surface area contributed by atoms with Crippen molar-refractivity contribution in [2.75, 3.05) is 15.8 Å². The van der Waals surface area contributed by atoms with Crippen LogP contribution in [0.25, 0.3) is 0 Å². The number of aryl methyl sites for hydroxylation is 1. The highest BCUT2D eigenvalue weighted by Gasteiger charge is 2.21. The normalized spacial score (nSPS) is 12.0. The number of nitrogens with one attached hydrogen (secondary N) is 2. The third kappa shape index (κ3) is 5.62. The first-order chi connectivity index (χ1) is 11.8. The predicted octanol–water partition coefficient (Wildman–Crippen LogP) is 2.88. The van der Waals surface area contributed by atoms with Gasteiger partial charge in [0.1, 0.15) is 0 Å². The Morgan fingerprint density at radius 1 is 1.08 bits per heavy atom. The highest BCUT2D eigenvalue weighted by molar-refractivity contribution is 7.92. The Hall–Kier alpha value is -2.85. The van der Waals surface area contributed by atoms with E-state index >= 15 is 0 Å². The van der Waals surface area contributed by atoms with Crippen LogP contribution in [0.15, 0.2) is 48.5 Å². The van der Waals surface area contributed by atoms with Gasteiger partial charge in [-0.25, -0.2) is 8.42 Å². The quantitative estimate of drug-likeness (QED) is 0.830. The average molecular weight is 357 g/mol. The molecule has 130 valence electrons. The lowest BCUT2D eigenvalue weighted by atomic mass is 10.2. The number of benzene rings is 2. The molecule has 2 rings (SSSR count). The molecule has 2 aromatic rings. The van der Waals surface area contributed by atoms with E-state index in [4.69, 9.17) is 5.26 Å². The first-order valence-corrected chi connectivity index (χ1v) is 9.32. The Balaban J connectivity index is 1.96. The molecule has 25 heavy (non-hydrogen) atoms. The number of nitrogens with zero attached hydrogens (tertiary/aromatic N) is 1. The van der Waals surface area contributed by atoms with Gasteiger partial charge >= 0.3 is 0 Å². The molecule has 0 fully saturated rings. The van der Waals surface area contributed by atoms with Crippen molar-refractivity contribution in [2.24, 2.45) is 5.92 Å². The van der Waals surface area contributed by atoms with Crippen LogP contribution in [0.5, 0.6) is 0 Å². The molecule has 6 nitrogen and oxygen atoms in total.